The van der Waals surface area contributed by atoms with E-state index in [9.17, 15) is 4.79 Å². The number of aromatic amines is 1. The molecular weight excluding hydrogens is 354 g/mol. The molecule has 2 N–H and O–H groups in total. The molecule has 28 heavy (non-hydrogen) atoms. The summed E-state index contributed by atoms with van der Waals surface area (Å²) in [4.78, 5) is 26.8. The highest BCUT2D eigenvalue weighted by molar-refractivity contribution is 5.81. The first kappa shape index (κ1) is 19.9. The summed E-state index contributed by atoms with van der Waals surface area (Å²) in [5.74, 6) is 1.43. The number of H-pyrrole nitrogens is 1. The summed E-state index contributed by atoms with van der Waals surface area (Å²) in [7, 11) is 0. The van der Waals surface area contributed by atoms with Gasteiger partial charge in [0.15, 0.2) is 5.96 Å². The highest BCUT2D eigenvalue weighted by Crippen LogP contribution is 2.19. The summed E-state index contributed by atoms with van der Waals surface area (Å²) >= 11 is 0. The number of hydrogen-bond acceptors (Lipinski definition) is 4. The van der Waals surface area contributed by atoms with Crippen LogP contribution in [0.2, 0.25) is 0 Å². The molecular formula is C21H29N5O2. The van der Waals surface area contributed by atoms with E-state index in [1.165, 1.54) is 0 Å². The van der Waals surface area contributed by atoms with Crippen molar-refractivity contribution in [3.05, 3.63) is 42.4 Å². The first-order valence-corrected chi connectivity index (χ1v) is 10.0. The smallest absolute Gasteiger partial charge is 0.310 e. The predicted molar refractivity (Wildman–Crippen MR) is 110 cm³/mol. The molecule has 0 bridgehead atoms. The number of carbonyl (C=O) groups is 1. The van der Waals surface area contributed by atoms with Gasteiger partial charge in [0.1, 0.15) is 12.4 Å². The fourth-order valence-corrected chi connectivity index (χ4v) is 3.40. The topological polar surface area (TPSA) is 82.6 Å². The van der Waals surface area contributed by atoms with Crippen molar-refractivity contribution in [1.82, 2.24) is 20.2 Å². The second kappa shape index (κ2) is 9.92. The lowest BCUT2D eigenvalue weighted by atomic mass is 9.98. The Hall–Kier alpha value is -2.83. The van der Waals surface area contributed by atoms with Crippen molar-refractivity contribution in [2.75, 3.05) is 26.2 Å². The molecule has 1 aliphatic rings. The summed E-state index contributed by atoms with van der Waals surface area (Å²) in [5.41, 5.74) is 2.08. The molecule has 7 nitrogen and oxygen atoms in total. The van der Waals surface area contributed by atoms with E-state index >= 15 is 0 Å². The zero-order valence-corrected chi connectivity index (χ0v) is 16.6. The van der Waals surface area contributed by atoms with Gasteiger partial charge in [0.05, 0.1) is 24.4 Å². The fourth-order valence-electron chi connectivity index (χ4n) is 3.40. The number of aliphatic imine (C=N–C) groups is 1. The van der Waals surface area contributed by atoms with E-state index in [4.69, 9.17) is 9.73 Å². The van der Waals surface area contributed by atoms with Crippen LogP contribution in [0.25, 0.3) is 11.3 Å². The van der Waals surface area contributed by atoms with Crippen molar-refractivity contribution in [2.24, 2.45) is 10.9 Å². The number of imidazole rings is 1. The second-order valence-electron chi connectivity index (χ2n) is 6.82. The molecule has 0 aliphatic carbocycles. The van der Waals surface area contributed by atoms with Gasteiger partial charge in [-0.1, -0.05) is 30.3 Å². The first-order chi connectivity index (χ1) is 13.7. The summed E-state index contributed by atoms with van der Waals surface area (Å²) in [6, 6.07) is 10.1. The second-order valence-corrected chi connectivity index (χ2v) is 6.82. The van der Waals surface area contributed by atoms with Crippen molar-refractivity contribution in [3.63, 3.8) is 0 Å². The molecule has 1 aliphatic heterocycles. The number of piperidine rings is 1. The molecule has 1 unspecified atom stereocenters. The van der Waals surface area contributed by atoms with Gasteiger partial charge in [0.2, 0.25) is 0 Å². The molecule has 1 aromatic heterocycles. The van der Waals surface area contributed by atoms with E-state index in [-0.39, 0.29) is 11.9 Å². The molecule has 0 spiro atoms. The van der Waals surface area contributed by atoms with E-state index in [0.29, 0.717) is 19.7 Å². The Bertz CT molecular complexity index is 787. The third-order valence-corrected chi connectivity index (χ3v) is 4.77. The SMILES string of the molecule is CCNC(=NCc1ncc(-c2ccccc2)[nH]1)N1CCCC(C(=O)OCC)C1. The molecule has 0 amide bonds. The largest absolute Gasteiger partial charge is 0.466 e. The number of likely N-dealkylation sites (tertiary alicyclic amines) is 1. The van der Waals surface area contributed by atoms with Crippen molar-refractivity contribution < 1.29 is 9.53 Å². The highest BCUT2D eigenvalue weighted by atomic mass is 16.5. The molecule has 1 saturated heterocycles. The van der Waals surface area contributed by atoms with E-state index in [2.05, 4.69) is 20.2 Å². The third-order valence-electron chi connectivity index (χ3n) is 4.77. The average Bonchev–Trinajstić information content (AvgIpc) is 3.21. The molecule has 150 valence electrons. The lowest BCUT2D eigenvalue weighted by molar-refractivity contribution is -0.149. The lowest BCUT2D eigenvalue weighted by Crippen LogP contribution is -2.48. The maximum absolute atomic E-state index is 12.1. The van der Waals surface area contributed by atoms with Crippen LogP contribution in [0.5, 0.6) is 0 Å². The summed E-state index contributed by atoms with van der Waals surface area (Å²) in [6.45, 7) is 7.06. The van der Waals surface area contributed by atoms with Crippen LogP contribution in [0.15, 0.2) is 41.5 Å². The number of guanidine groups is 1. The Balaban J connectivity index is 1.67. The Kier molecular flexibility index (Phi) is 7.06. The molecule has 2 heterocycles. The van der Waals surface area contributed by atoms with Crippen LogP contribution in [0, 0.1) is 5.92 Å². The fraction of sp³-hybridized carbons (Fsp3) is 0.476. The maximum atomic E-state index is 12.1. The van der Waals surface area contributed by atoms with Crippen molar-refractivity contribution in [3.8, 4) is 11.3 Å². The van der Waals surface area contributed by atoms with Gasteiger partial charge in [-0.05, 0) is 32.3 Å². The van der Waals surface area contributed by atoms with Crippen LogP contribution in [0.1, 0.15) is 32.5 Å². The van der Waals surface area contributed by atoms with E-state index in [1.807, 2.05) is 50.4 Å². The number of aromatic nitrogens is 2. The van der Waals surface area contributed by atoms with E-state index in [1.54, 1.807) is 0 Å². The van der Waals surface area contributed by atoms with Gasteiger partial charge in [-0.15, -0.1) is 0 Å². The van der Waals surface area contributed by atoms with Gasteiger partial charge in [0.25, 0.3) is 0 Å². The molecule has 7 heteroatoms. The standard InChI is InChI=1S/C21H29N5O2/c1-3-22-21(26-12-8-11-17(15-26)20(27)28-4-2)24-14-19-23-13-18(25-19)16-9-6-5-7-10-16/h5-7,9-10,13,17H,3-4,8,11-12,14-15H2,1-2H3,(H,22,24)(H,23,25). The minimum Gasteiger partial charge on any atom is -0.466 e. The molecule has 3 rings (SSSR count). The number of rotatable bonds is 6. The third kappa shape index (κ3) is 5.12. The number of esters is 1. The average molecular weight is 383 g/mol. The van der Waals surface area contributed by atoms with Gasteiger partial charge in [-0.25, -0.2) is 9.98 Å². The van der Waals surface area contributed by atoms with Crippen molar-refractivity contribution in [2.45, 2.75) is 33.2 Å². The summed E-state index contributed by atoms with van der Waals surface area (Å²) in [6.07, 6.45) is 3.66. The maximum Gasteiger partial charge on any atom is 0.310 e. The van der Waals surface area contributed by atoms with Crippen molar-refractivity contribution >= 4 is 11.9 Å². The van der Waals surface area contributed by atoms with E-state index in [0.717, 1.165) is 49.0 Å². The normalized spacial score (nSPS) is 17.4. The van der Waals surface area contributed by atoms with Crippen LogP contribution in [-0.4, -0.2) is 53.0 Å². The molecule has 1 atom stereocenters. The predicted octanol–water partition coefficient (Wildman–Crippen LogP) is 2.82. The van der Waals surface area contributed by atoms with Gasteiger partial charge in [0, 0.05) is 19.6 Å². The Morgan fingerprint density at radius 3 is 2.93 bits per heavy atom. The Morgan fingerprint density at radius 2 is 2.18 bits per heavy atom. The van der Waals surface area contributed by atoms with E-state index < -0.39 is 0 Å². The number of carbonyl (C=O) groups excluding carboxylic acids is 1. The summed E-state index contributed by atoms with van der Waals surface area (Å²) in [5, 5.41) is 3.33. The van der Waals surface area contributed by atoms with Crippen LogP contribution in [-0.2, 0) is 16.1 Å². The quantitative estimate of drug-likeness (QED) is 0.455. The van der Waals surface area contributed by atoms with Crippen LogP contribution in [0.4, 0.5) is 0 Å². The highest BCUT2D eigenvalue weighted by Gasteiger charge is 2.28. The minimum absolute atomic E-state index is 0.0918. The summed E-state index contributed by atoms with van der Waals surface area (Å²) < 4.78 is 5.20. The van der Waals surface area contributed by atoms with Gasteiger partial charge >= 0.3 is 5.97 Å². The van der Waals surface area contributed by atoms with Crippen molar-refractivity contribution in [1.29, 1.82) is 0 Å². The monoisotopic (exact) mass is 383 g/mol. The first-order valence-electron chi connectivity index (χ1n) is 10.0. The number of ether oxygens (including phenoxy) is 1. The minimum atomic E-state index is -0.110. The van der Waals surface area contributed by atoms with Crippen LogP contribution >= 0.6 is 0 Å². The molecule has 2 aromatic rings. The number of nitrogens with zero attached hydrogens (tertiary/aromatic N) is 3. The molecule has 1 aromatic carbocycles. The van der Waals surface area contributed by atoms with Gasteiger partial charge in [-0.3, -0.25) is 4.79 Å². The number of benzene rings is 1. The Labute approximate surface area is 166 Å². The molecule has 0 saturated carbocycles. The number of hydrogen-bond donors (Lipinski definition) is 2. The van der Waals surface area contributed by atoms with Crippen LogP contribution in [0.3, 0.4) is 0 Å². The van der Waals surface area contributed by atoms with Gasteiger partial charge in [-0.2, -0.15) is 0 Å². The number of nitrogens with one attached hydrogen (secondary N) is 2. The Morgan fingerprint density at radius 1 is 1.36 bits per heavy atom. The zero-order valence-electron chi connectivity index (χ0n) is 16.6. The molecule has 1 fully saturated rings. The van der Waals surface area contributed by atoms with Crippen LogP contribution < -0.4 is 5.32 Å². The van der Waals surface area contributed by atoms with Gasteiger partial charge < -0.3 is 19.9 Å². The molecule has 0 radical (unpaired) electrons. The zero-order chi connectivity index (χ0) is 19.8. The lowest BCUT2D eigenvalue weighted by Gasteiger charge is -2.33.